The molecule has 1 heterocycles. The Morgan fingerprint density at radius 3 is 1.94 bits per heavy atom. The van der Waals surface area contributed by atoms with Gasteiger partial charge in [-0.2, -0.15) is 0 Å². The van der Waals surface area contributed by atoms with Gasteiger partial charge in [-0.1, -0.05) is 20.8 Å². The maximum atomic E-state index is 4.75. The van der Waals surface area contributed by atoms with Crippen molar-refractivity contribution >= 4 is 11.0 Å². The molecule has 2 heteroatoms. The summed E-state index contributed by atoms with van der Waals surface area (Å²) in [5, 5.41) is 0. The van der Waals surface area contributed by atoms with Crippen LogP contribution in [0.15, 0.2) is 0 Å². The molecule has 1 aromatic heterocycles. The zero-order valence-corrected chi connectivity index (χ0v) is 12.9. The summed E-state index contributed by atoms with van der Waals surface area (Å²) in [6.45, 7) is 15.6. The summed E-state index contributed by atoms with van der Waals surface area (Å²) in [4.78, 5) is 4.75. The van der Waals surface area contributed by atoms with Crippen LogP contribution in [-0.4, -0.2) is 9.55 Å². The van der Waals surface area contributed by atoms with E-state index >= 15 is 0 Å². The second kappa shape index (κ2) is 3.84. The molecular weight excluding hydrogens is 220 g/mol. The van der Waals surface area contributed by atoms with E-state index in [1.165, 1.54) is 33.3 Å². The van der Waals surface area contributed by atoms with Crippen LogP contribution in [0.2, 0.25) is 0 Å². The molecule has 0 saturated heterocycles. The summed E-state index contributed by atoms with van der Waals surface area (Å²) in [5.74, 6) is 1.08. The average Bonchev–Trinajstić information content (AvgIpc) is 2.51. The van der Waals surface area contributed by atoms with Crippen molar-refractivity contribution in [2.75, 3.05) is 0 Å². The van der Waals surface area contributed by atoms with Gasteiger partial charge in [-0.15, -0.1) is 0 Å². The van der Waals surface area contributed by atoms with E-state index in [-0.39, 0.29) is 5.41 Å². The molecule has 0 saturated carbocycles. The number of benzene rings is 1. The van der Waals surface area contributed by atoms with Crippen molar-refractivity contribution in [1.29, 1.82) is 0 Å². The first kappa shape index (κ1) is 13.1. The van der Waals surface area contributed by atoms with E-state index in [9.17, 15) is 0 Å². The van der Waals surface area contributed by atoms with Crippen molar-refractivity contribution in [2.24, 2.45) is 7.05 Å². The fraction of sp³-hybridized carbons (Fsp3) is 0.562. The number of imidazole rings is 1. The zero-order valence-electron chi connectivity index (χ0n) is 12.9. The number of aromatic nitrogens is 2. The van der Waals surface area contributed by atoms with Crippen LogP contribution < -0.4 is 0 Å². The fourth-order valence-corrected chi connectivity index (χ4v) is 3.19. The van der Waals surface area contributed by atoms with E-state index in [4.69, 9.17) is 4.98 Å². The molecule has 0 spiro atoms. The summed E-state index contributed by atoms with van der Waals surface area (Å²) in [5.41, 5.74) is 8.19. The minimum atomic E-state index is 0.165. The summed E-state index contributed by atoms with van der Waals surface area (Å²) in [7, 11) is 2.10. The highest BCUT2D eigenvalue weighted by Crippen LogP contribution is 2.36. The standard InChI is InChI=1S/C16H24N2/c1-9-10(2)15-14(17-12(4)18(15)8)11(3)13(9)16(5,6)7/h1-8H3. The van der Waals surface area contributed by atoms with Crippen LogP contribution in [0.1, 0.15) is 48.8 Å². The molecular formula is C16H24N2. The molecule has 0 unspecified atom stereocenters. The lowest BCUT2D eigenvalue weighted by molar-refractivity contribution is 0.582. The third kappa shape index (κ3) is 1.66. The molecule has 18 heavy (non-hydrogen) atoms. The largest absolute Gasteiger partial charge is 0.331 e. The third-order valence-electron chi connectivity index (χ3n) is 4.09. The predicted octanol–water partition coefficient (Wildman–Crippen LogP) is 4.10. The van der Waals surface area contributed by atoms with Gasteiger partial charge in [0.1, 0.15) is 5.82 Å². The minimum Gasteiger partial charge on any atom is -0.331 e. The molecule has 2 nitrogen and oxygen atoms in total. The smallest absolute Gasteiger partial charge is 0.106 e. The molecule has 0 amide bonds. The van der Waals surface area contributed by atoms with E-state index < -0.39 is 0 Å². The quantitative estimate of drug-likeness (QED) is 0.682. The summed E-state index contributed by atoms with van der Waals surface area (Å²) < 4.78 is 2.21. The van der Waals surface area contributed by atoms with Crippen molar-refractivity contribution in [1.82, 2.24) is 9.55 Å². The summed E-state index contributed by atoms with van der Waals surface area (Å²) >= 11 is 0. The van der Waals surface area contributed by atoms with Gasteiger partial charge in [0.25, 0.3) is 0 Å². The topological polar surface area (TPSA) is 17.8 Å². The van der Waals surface area contributed by atoms with Crippen molar-refractivity contribution < 1.29 is 0 Å². The Bertz CT molecular complexity index is 625. The number of nitrogens with zero attached hydrogens (tertiary/aromatic N) is 2. The zero-order chi connectivity index (χ0) is 13.8. The van der Waals surface area contributed by atoms with Crippen LogP contribution in [0.5, 0.6) is 0 Å². The van der Waals surface area contributed by atoms with Gasteiger partial charge in [0, 0.05) is 7.05 Å². The van der Waals surface area contributed by atoms with Crippen LogP contribution in [0.4, 0.5) is 0 Å². The van der Waals surface area contributed by atoms with E-state index in [1.807, 2.05) is 0 Å². The first-order valence-corrected chi connectivity index (χ1v) is 6.59. The molecule has 0 radical (unpaired) electrons. The molecule has 0 atom stereocenters. The van der Waals surface area contributed by atoms with Crippen molar-refractivity contribution in [3.63, 3.8) is 0 Å². The maximum absolute atomic E-state index is 4.75. The minimum absolute atomic E-state index is 0.165. The Balaban J connectivity index is 3.02. The second-order valence-corrected chi connectivity index (χ2v) is 6.42. The van der Waals surface area contributed by atoms with Crippen LogP contribution in [-0.2, 0) is 12.5 Å². The van der Waals surface area contributed by atoms with Crippen LogP contribution >= 0.6 is 0 Å². The first-order chi connectivity index (χ1) is 8.16. The Labute approximate surface area is 110 Å². The van der Waals surface area contributed by atoms with Gasteiger partial charge in [0.2, 0.25) is 0 Å². The van der Waals surface area contributed by atoms with Gasteiger partial charge in [0.15, 0.2) is 0 Å². The molecule has 0 aliphatic carbocycles. The van der Waals surface area contributed by atoms with Gasteiger partial charge < -0.3 is 4.57 Å². The van der Waals surface area contributed by atoms with Crippen LogP contribution in [0.3, 0.4) is 0 Å². The number of rotatable bonds is 0. The number of fused-ring (bicyclic) bond motifs is 1. The Hall–Kier alpha value is -1.31. The Kier molecular flexibility index (Phi) is 2.80. The third-order valence-corrected chi connectivity index (χ3v) is 4.09. The number of aryl methyl sites for hydroxylation is 4. The van der Waals surface area contributed by atoms with Crippen molar-refractivity contribution in [2.45, 2.75) is 53.9 Å². The van der Waals surface area contributed by atoms with Crippen LogP contribution in [0.25, 0.3) is 11.0 Å². The van der Waals surface area contributed by atoms with Gasteiger partial charge in [-0.25, -0.2) is 4.98 Å². The summed E-state index contributed by atoms with van der Waals surface area (Å²) in [6.07, 6.45) is 0. The predicted molar refractivity (Wildman–Crippen MR) is 78.4 cm³/mol. The number of hydrogen-bond donors (Lipinski definition) is 0. The monoisotopic (exact) mass is 244 g/mol. The van der Waals surface area contributed by atoms with E-state index in [2.05, 4.69) is 60.1 Å². The van der Waals surface area contributed by atoms with E-state index in [1.54, 1.807) is 0 Å². The van der Waals surface area contributed by atoms with E-state index in [0.717, 1.165) is 5.82 Å². The SMILES string of the molecule is Cc1c(C(C)(C)C)c(C)c2nc(C)n(C)c2c1C. The molecule has 2 rings (SSSR count). The second-order valence-electron chi connectivity index (χ2n) is 6.42. The van der Waals surface area contributed by atoms with Gasteiger partial charge in [0.05, 0.1) is 11.0 Å². The first-order valence-electron chi connectivity index (χ1n) is 6.59. The van der Waals surface area contributed by atoms with Gasteiger partial charge >= 0.3 is 0 Å². The summed E-state index contributed by atoms with van der Waals surface area (Å²) in [6, 6.07) is 0. The number of hydrogen-bond acceptors (Lipinski definition) is 1. The van der Waals surface area contributed by atoms with Crippen LogP contribution in [0, 0.1) is 27.7 Å². The van der Waals surface area contributed by atoms with E-state index in [0.29, 0.717) is 0 Å². The Morgan fingerprint density at radius 1 is 0.889 bits per heavy atom. The lowest BCUT2D eigenvalue weighted by Gasteiger charge is -2.26. The lowest BCUT2D eigenvalue weighted by atomic mass is 9.79. The molecule has 0 aliphatic heterocycles. The van der Waals surface area contributed by atoms with Crippen molar-refractivity contribution in [3.8, 4) is 0 Å². The fourth-order valence-electron chi connectivity index (χ4n) is 3.19. The molecule has 98 valence electrons. The molecule has 0 N–H and O–H groups in total. The molecule has 0 fully saturated rings. The highest BCUT2D eigenvalue weighted by atomic mass is 15.1. The highest BCUT2D eigenvalue weighted by Gasteiger charge is 2.24. The highest BCUT2D eigenvalue weighted by molar-refractivity contribution is 5.86. The molecule has 1 aromatic carbocycles. The normalized spacial score (nSPS) is 12.4. The van der Waals surface area contributed by atoms with Crippen molar-refractivity contribution in [3.05, 3.63) is 28.1 Å². The lowest BCUT2D eigenvalue weighted by Crippen LogP contribution is -2.16. The molecule has 0 bridgehead atoms. The Morgan fingerprint density at radius 2 is 1.44 bits per heavy atom. The maximum Gasteiger partial charge on any atom is 0.106 e. The molecule has 0 aliphatic rings. The average molecular weight is 244 g/mol. The van der Waals surface area contributed by atoms with Gasteiger partial charge in [-0.05, 0) is 55.4 Å². The van der Waals surface area contributed by atoms with Gasteiger partial charge in [-0.3, -0.25) is 0 Å². The molecule has 2 aromatic rings.